The lowest BCUT2D eigenvalue weighted by Gasteiger charge is -2.45. The van der Waals surface area contributed by atoms with E-state index in [1.165, 1.54) is 63.9 Å². The van der Waals surface area contributed by atoms with Gasteiger partial charge in [0.25, 0.3) is 0 Å². The summed E-state index contributed by atoms with van der Waals surface area (Å²) in [6.45, 7) is 2.29. The van der Waals surface area contributed by atoms with Crippen molar-refractivity contribution in [3.05, 3.63) is 35.1 Å². The van der Waals surface area contributed by atoms with E-state index in [2.05, 4.69) is 6.92 Å². The zero-order valence-electron chi connectivity index (χ0n) is 18.9. The number of hydrogen-bond donors (Lipinski definition) is 0. The highest BCUT2D eigenvalue weighted by molar-refractivity contribution is 5.29. The summed E-state index contributed by atoms with van der Waals surface area (Å²) in [5.41, 5.74) is -0.399. The van der Waals surface area contributed by atoms with Crippen LogP contribution in [0.25, 0.3) is 0 Å². The molecule has 0 saturated heterocycles. The van der Waals surface area contributed by atoms with Gasteiger partial charge in [-0.3, -0.25) is 0 Å². The molecule has 3 fully saturated rings. The van der Waals surface area contributed by atoms with Gasteiger partial charge < -0.3 is 0 Å². The molecule has 4 heteroatoms. The van der Waals surface area contributed by atoms with Crippen molar-refractivity contribution >= 4 is 0 Å². The second-order valence-electron chi connectivity index (χ2n) is 10.8. The Balaban J connectivity index is 1.28. The van der Waals surface area contributed by atoms with Crippen LogP contribution in [0.3, 0.4) is 0 Å². The van der Waals surface area contributed by atoms with Crippen LogP contribution in [0.1, 0.15) is 107 Å². The van der Waals surface area contributed by atoms with Crippen molar-refractivity contribution in [2.45, 2.75) is 102 Å². The molecule has 0 spiro atoms. The van der Waals surface area contributed by atoms with E-state index in [1.807, 2.05) is 0 Å². The molecule has 0 aromatic heterocycles. The van der Waals surface area contributed by atoms with Gasteiger partial charge in [0, 0.05) is 0 Å². The Kier molecular flexibility index (Phi) is 7.33. The van der Waals surface area contributed by atoms with Gasteiger partial charge in [0.2, 0.25) is 0 Å². The zero-order valence-corrected chi connectivity index (χ0v) is 18.9. The van der Waals surface area contributed by atoms with Gasteiger partial charge in [-0.2, -0.15) is 13.2 Å². The molecule has 3 aliphatic rings. The van der Waals surface area contributed by atoms with Crippen molar-refractivity contribution in [3.63, 3.8) is 0 Å². The number of benzene rings is 1. The van der Waals surface area contributed by atoms with Gasteiger partial charge >= 0.3 is 6.18 Å². The van der Waals surface area contributed by atoms with Crippen LogP contribution in [0.4, 0.5) is 17.6 Å². The highest BCUT2D eigenvalue weighted by Gasteiger charge is 2.39. The number of alkyl halides is 3. The molecule has 0 bridgehead atoms. The zero-order chi connectivity index (χ0) is 22.0. The van der Waals surface area contributed by atoms with Gasteiger partial charge in [-0.05, 0) is 111 Å². The largest absolute Gasteiger partial charge is 0.419 e. The van der Waals surface area contributed by atoms with E-state index >= 15 is 0 Å². The third kappa shape index (κ3) is 5.47. The van der Waals surface area contributed by atoms with Gasteiger partial charge in [-0.25, -0.2) is 4.39 Å². The SMILES string of the molecule is CCCCC1CCC2CC(C3CCC(c4ccc(C(F)(F)F)c(F)c4)CC3)CCC2C1. The molecule has 1 aromatic carbocycles. The lowest BCUT2D eigenvalue weighted by atomic mass is 9.60. The molecule has 0 nitrogen and oxygen atoms in total. The first-order valence-corrected chi connectivity index (χ1v) is 12.7. The van der Waals surface area contributed by atoms with Crippen LogP contribution in [0, 0.1) is 35.4 Å². The summed E-state index contributed by atoms with van der Waals surface area (Å²) in [5, 5.41) is 0. The van der Waals surface area contributed by atoms with Crippen LogP contribution in [0.15, 0.2) is 18.2 Å². The summed E-state index contributed by atoms with van der Waals surface area (Å²) >= 11 is 0. The summed E-state index contributed by atoms with van der Waals surface area (Å²) in [6, 6.07) is 3.56. The van der Waals surface area contributed by atoms with E-state index in [9.17, 15) is 17.6 Å². The lowest BCUT2D eigenvalue weighted by molar-refractivity contribution is -0.140. The molecule has 0 N–H and O–H groups in total. The molecule has 3 saturated carbocycles. The van der Waals surface area contributed by atoms with Crippen molar-refractivity contribution in [2.24, 2.45) is 29.6 Å². The molecule has 174 valence electrons. The highest BCUT2D eigenvalue weighted by Crippen LogP contribution is 2.50. The van der Waals surface area contributed by atoms with Crippen LogP contribution in [-0.4, -0.2) is 0 Å². The number of rotatable bonds is 5. The van der Waals surface area contributed by atoms with E-state index in [-0.39, 0.29) is 5.92 Å². The summed E-state index contributed by atoms with van der Waals surface area (Å²) < 4.78 is 52.5. The monoisotopic (exact) mass is 438 g/mol. The maximum Gasteiger partial charge on any atom is 0.419 e. The normalized spacial score (nSPS) is 34.4. The highest BCUT2D eigenvalue weighted by atomic mass is 19.4. The van der Waals surface area contributed by atoms with Crippen LogP contribution in [0.5, 0.6) is 0 Å². The molecule has 4 unspecified atom stereocenters. The predicted octanol–water partition coefficient (Wildman–Crippen LogP) is 9.14. The molecular formula is C27H38F4. The Morgan fingerprint density at radius 1 is 0.806 bits per heavy atom. The summed E-state index contributed by atoms with van der Waals surface area (Å²) in [5.74, 6) is 3.53. The molecule has 1 aromatic rings. The molecule has 4 atom stereocenters. The van der Waals surface area contributed by atoms with Crippen molar-refractivity contribution in [2.75, 3.05) is 0 Å². The van der Waals surface area contributed by atoms with Crippen LogP contribution in [-0.2, 0) is 6.18 Å². The van der Waals surface area contributed by atoms with E-state index in [4.69, 9.17) is 0 Å². The predicted molar refractivity (Wildman–Crippen MR) is 117 cm³/mol. The molecule has 0 aliphatic heterocycles. The number of fused-ring (bicyclic) bond motifs is 1. The van der Waals surface area contributed by atoms with Gasteiger partial charge in [0.1, 0.15) is 5.82 Å². The van der Waals surface area contributed by atoms with Crippen LogP contribution in [0.2, 0.25) is 0 Å². The topological polar surface area (TPSA) is 0 Å². The Bertz CT molecular complexity index is 716. The van der Waals surface area contributed by atoms with Crippen molar-refractivity contribution in [1.82, 2.24) is 0 Å². The molecular weight excluding hydrogens is 400 g/mol. The van der Waals surface area contributed by atoms with E-state index in [0.29, 0.717) is 0 Å². The van der Waals surface area contributed by atoms with Gasteiger partial charge in [0.05, 0.1) is 5.56 Å². The summed E-state index contributed by atoms with van der Waals surface area (Å²) in [4.78, 5) is 0. The summed E-state index contributed by atoms with van der Waals surface area (Å²) in [7, 11) is 0. The minimum absolute atomic E-state index is 0.207. The Hall–Kier alpha value is -1.06. The third-order valence-corrected chi connectivity index (χ3v) is 8.94. The Morgan fingerprint density at radius 2 is 1.42 bits per heavy atom. The van der Waals surface area contributed by atoms with Gasteiger partial charge in [0.15, 0.2) is 0 Å². The molecule has 3 aliphatic carbocycles. The minimum atomic E-state index is -4.62. The average molecular weight is 439 g/mol. The number of halogens is 4. The van der Waals surface area contributed by atoms with Crippen LogP contribution >= 0.6 is 0 Å². The van der Waals surface area contributed by atoms with Crippen molar-refractivity contribution < 1.29 is 17.6 Å². The third-order valence-electron chi connectivity index (χ3n) is 8.94. The molecule has 0 amide bonds. The fourth-order valence-corrected chi connectivity index (χ4v) is 7.14. The minimum Gasteiger partial charge on any atom is -0.206 e. The van der Waals surface area contributed by atoms with E-state index < -0.39 is 17.6 Å². The van der Waals surface area contributed by atoms with E-state index in [1.54, 1.807) is 0 Å². The lowest BCUT2D eigenvalue weighted by Crippen LogP contribution is -2.34. The first-order valence-electron chi connectivity index (χ1n) is 12.7. The second kappa shape index (κ2) is 9.83. The number of unbranched alkanes of at least 4 members (excludes halogenated alkanes) is 1. The smallest absolute Gasteiger partial charge is 0.206 e. The van der Waals surface area contributed by atoms with Gasteiger partial charge in [-0.1, -0.05) is 38.7 Å². The fourth-order valence-electron chi connectivity index (χ4n) is 7.14. The van der Waals surface area contributed by atoms with Crippen molar-refractivity contribution in [3.8, 4) is 0 Å². The van der Waals surface area contributed by atoms with E-state index in [0.717, 1.165) is 73.0 Å². The first kappa shape index (κ1) is 23.1. The Labute approximate surface area is 185 Å². The molecule has 0 heterocycles. The maximum atomic E-state index is 14.0. The maximum absolute atomic E-state index is 14.0. The fraction of sp³-hybridized carbons (Fsp3) is 0.778. The van der Waals surface area contributed by atoms with Gasteiger partial charge in [-0.15, -0.1) is 0 Å². The number of hydrogen-bond acceptors (Lipinski definition) is 0. The van der Waals surface area contributed by atoms with Crippen LogP contribution < -0.4 is 0 Å². The average Bonchev–Trinajstić information content (AvgIpc) is 2.76. The van der Waals surface area contributed by atoms with Crippen molar-refractivity contribution in [1.29, 1.82) is 0 Å². The first-order chi connectivity index (χ1) is 14.8. The standard InChI is InChI=1S/C27H38F4/c1-2-3-4-18-5-6-23-16-22(12-11-21(23)15-18)19-7-9-20(10-8-19)24-13-14-25(26(28)17-24)27(29,30)31/h13-14,17-23H,2-12,15-16H2,1H3. The second-order valence-corrected chi connectivity index (χ2v) is 10.8. The molecule has 31 heavy (non-hydrogen) atoms. The Morgan fingerprint density at radius 3 is 2.06 bits per heavy atom. The molecule has 0 radical (unpaired) electrons. The quantitative estimate of drug-likeness (QED) is 0.402. The summed E-state index contributed by atoms with van der Waals surface area (Å²) in [6.07, 6.45) is 12.3. The molecule has 4 rings (SSSR count).